The summed E-state index contributed by atoms with van der Waals surface area (Å²) >= 11 is 0. The molecule has 0 aromatic carbocycles. The van der Waals surface area contributed by atoms with Crippen LogP contribution in [0.5, 0.6) is 0 Å². The van der Waals surface area contributed by atoms with Crippen molar-refractivity contribution in [1.29, 1.82) is 0 Å². The quantitative estimate of drug-likeness (QED) is 0.296. The van der Waals surface area contributed by atoms with Gasteiger partial charge in [-0.2, -0.15) is 0 Å². The normalized spacial score (nSPS) is 16.0. The average molecular weight is 297 g/mol. The Hall–Kier alpha value is -1.07. The molecule has 0 aliphatic carbocycles. The molecule has 0 saturated heterocycles. The SMILES string of the molecule is CN=C(NCCOCCC(C)C)NCCC1=CCOCC1. The number of nitrogens with one attached hydrogen (secondary N) is 2. The van der Waals surface area contributed by atoms with Crippen LogP contribution in [-0.4, -0.2) is 52.5 Å². The predicted molar refractivity (Wildman–Crippen MR) is 87.8 cm³/mol. The van der Waals surface area contributed by atoms with E-state index in [1.54, 1.807) is 7.05 Å². The van der Waals surface area contributed by atoms with Gasteiger partial charge < -0.3 is 20.1 Å². The van der Waals surface area contributed by atoms with Crippen molar-refractivity contribution >= 4 is 5.96 Å². The molecule has 1 heterocycles. The van der Waals surface area contributed by atoms with Crippen molar-refractivity contribution in [2.45, 2.75) is 33.1 Å². The Labute approximate surface area is 129 Å². The van der Waals surface area contributed by atoms with Crippen molar-refractivity contribution < 1.29 is 9.47 Å². The molecule has 1 aliphatic rings. The summed E-state index contributed by atoms with van der Waals surface area (Å²) in [7, 11) is 1.79. The van der Waals surface area contributed by atoms with Gasteiger partial charge in [-0.25, -0.2) is 0 Å². The molecule has 5 nitrogen and oxygen atoms in total. The predicted octanol–water partition coefficient (Wildman–Crippen LogP) is 1.95. The second kappa shape index (κ2) is 11.6. The maximum absolute atomic E-state index is 5.57. The molecule has 0 radical (unpaired) electrons. The standard InChI is InChI=1S/C16H31N3O2/c1-14(2)5-10-21-13-9-19-16(17-3)18-8-4-15-6-11-20-12-7-15/h6,14H,4-5,7-13H2,1-3H3,(H2,17,18,19). The fraction of sp³-hybridized carbons (Fsp3) is 0.812. The Balaban J connectivity index is 2.02. The molecule has 1 aliphatic heterocycles. The molecule has 2 N–H and O–H groups in total. The zero-order valence-corrected chi connectivity index (χ0v) is 13.8. The summed E-state index contributed by atoms with van der Waals surface area (Å²) in [5.41, 5.74) is 1.47. The fourth-order valence-electron chi connectivity index (χ4n) is 2.02. The molecule has 0 atom stereocenters. The fourth-order valence-corrected chi connectivity index (χ4v) is 2.02. The minimum absolute atomic E-state index is 0.701. The molecule has 21 heavy (non-hydrogen) atoms. The molecule has 0 saturated carbocycles. The molecular weight excluding hydrogens is 266 g/mol. The molecule has 0 aromatic rings. The lowest BCUT2D eigenvalue weighted by atomic mass is 10.1. The van der Waals surface area contributed by atoms with E-state index < -0.39 is 0 Å². The number of hydrogen-bond donors (Lipinski definition) is 2. The van der Waals surface area contributed by atoms with Crippen LogP contribution in [0.2, 0.25) is 0 Å². The van der Waals surface area contributed by atoms with Crippen LogP contribution in [0.1, 0.15) is 33.1 Å². The molecule has 0 unspecified atom stereocenters. The van der Waals surface area contributed by atoms with Crippen molar-refractivity contribution in [3.05, 3.63) is 11.6 Å². The van der Waals surface area contributed by atoms with Gasteiger partial charge in [-0.15, -0.1) is 0 Å². The van der Waals surface area contributed by atoms with Crippen LogP contribution >= 0.6 is 0 Å². The second-order valence-corrected chi connectivity index (χ2v) is 5.66. The molecule has 122 valence electrons. The van der Waals surface area contributed by atoms with Crippen LogP contribution in [0, 0.1) is 5.92 Å². The second-order valence-electron chi connectivity index (χ2n) is 5.66. The number of ether oxygens (including phenoxy) is 2. The first-order valence-corrected chi connectivity index (χ1v) is 8.00. The first-order chi connectivity index (χ1) is 10.2. The lowest BCUT2D eigenvalue weighted by Gasteiger charge is -2.15. The maximum Gasteiger partial charge on any atom is 0.191 e. The molecule has 0 aromatic heterocycles. The lowest BCUT2D eigenvalue weighted by Crippen LogP contribution is -2.39. The summed E-state index contributed by atoms with van der Waals surface area (Å²) in [6, 6.07) is 0. The van der Waals surface area contributed by atoms with Crippen molar-refractivity contribution in [2.75, 3.05) is 46.6 Å². The van der Waals surface area contributed by atoms with Crippen molar-refractivity contribution in [1.82, 2.24) is 10.6 Å². The van der Waals surface area contributed by atoms with E-state index in [2.05, 4.69) is 35.5 Å². The summed E-state index contributed by atoms with van der Waals surface area (Å²) in [6.07, 6.45) is 5.40. The van der Waals surface area contributed by atoms with E-state index in [1.165, 1.54) is 5.57 Å². The molecule has 0 amide bonds. The van der Waals surface area contributed by atoms with E-state index in [0.29, 0.717) is 5.92 Å². The smallest absolute Gasteiger partial charge is 0.191 e. The van der Waals surface area contributed by atoms with E-state index in [1.807, 2.05) is 0 Å². The molecule has 0 spiro atoms. The summed E-state index contributed by atoms with van der Waals surface area (Å²) in [5, 5.41) is 6.59. The van der Waals surface area contributed by atoms with E-state index in [0.717, 1.165) is 64.7 Å². The number of rotatable bonds is 9. The number of nitrogens with zero attached hydrogens (tertiary/aromatic N) is 1. The highest BCUT2D eigenvalue weighted by atomic mass is 16.5. The third-order valence-electron chi connectivity index (χ3n) is 3.40. The maximum atomic E-state index is 5.57. The van der Waals surface area contributed by atoms with Gasteiger partial charge in [-0.1, -0.05) is 25.5 Å². The van der Waals surface area contributed by atoms with Crippen molar-refractivity contribution in [3.63, 3.8) is 0 Å². The van der Waals surface area contributed by atoms with Crippen molar-refractivity contribution in [3.8, 4) is 0 Å². The van der Waals surface area contributed by atoms with Gasteiger partial charge in [0.05, 0.1) is 19.8 Å². The van der Waals surface area contributed by atoms with Crippen LogP contribution in [0.25, 0.3) is 0 Å². The summed E-state index contributed by atoms with van der Waals surface area (Å²) in [6.45, 7) is 9.27. The summed E-state index contributed by atoms with van der Waals surface area (Å²) in [4.78, 5) is 4.21. The first-order valence-electron chi connectivity index (χ1n) is 8.00. The number of hydrogen-bond acceptors (Lipinski definition) is 3. The lowest BCUT2D eigenvalue weighted by molar-refractivity contribution is 0.128. The Morgan fingerprint density at radius 1 is 1.33 bits per heavy atom. The Morgan fingerprint density at radius 2 is 2.14 bits per heavy atom. The largest absolute Gasteiger partial charge is 0.380 e. The van der Waals surface area contributed by atoms with Gasteiger partial charge in [0.25, 0.3) is 0 Å². The molecular formula is C16H31N3O2. The monoisotopic (exact) mass is 297 g/mol. The summed E-state index contributed by atoms with van der Waals surface area (Å²) < 4.78 is 10.9. The van der Waals surface area contributed by atoms with Crippen LogP contribution in [0.4, 0.5) is 0 Å². The Kier molecular flexibility index (Phi) is 9.91. The van der Waals surface area contributed by atoms with E-state index in [4.69, 9.17) is 9.47 Å². The van der Waals surface area contributed by atoms with Gasteiger partial charge in [-0.05, 0) is 25.2 Å². The van der Waals surface area contributed by atoms with Gasteiger partial charge in [0.1, 0.15) is 0 Å². The number of guanidine groups is 1. The Morgan fingerprint density at radius 3 is 2.81 bits per heavy atom. The van der Waals surface area contributed by atoms with E-state index in [9.17, 15) is 0 Å². The minimum Gasteiger partial charge on any atom is -0.380 e. The van der Waals surface area contributed by atoms with E-state index in [-0.39, 0.29) is 0 Å². The first kappa shape index (κ1) is 18.0. The Bertz CT molecular complexity index is 327. The van der Waals surface area contributed by atoms with Gasteiger partial charge in [-0.3, -0.25) is 4.99 Å². The minimum atomic E-state index is 0.701. The van der Waals surface area contributed by atoms with Crippen LogP contribution in [0.15, 0.2) is 16.6 Å². The van der Waals surface area contributed by atoms with Crippen LogP contribution in [-0.2, 0) is 9.47 Å². The van der Waals surface area contributed by atoms with Crippen molar-refractivity contribution in [2.24, 2.45) is 10.9 Å². The highest BCUT2D eigenvalue weighted by Crippen LogP contribution is 2.10. The van der Waals surface area contributed by atoms with Gasteiger partial charge in [0.2, 0.25) is 0 Å². The van der Waals surface area contributed by atoms with Crippen LogP contribution < -0.4 is 10.6 Å². The zero-order chi connectivity index (χ0) is 15.3. The molecule has 1 rings (SSSR count). The highest BCUT2D eigenvalue weighted by Gasteiger charge is 2.04. The third kappa shape index (κ3) is 9.47. The average Bonchev–Trinajstić information content (AvgIpc) is 2.49. The van der Waals surface area contributed by atoms with Gasteiger partial charge in [0, 0.05) is 26.7 Å². The number of aliphatic imine (C=N–C) groups is 1. The van der Waals surface area contributed by atoms with Crippen LogP contribution in [0.3, 0.4) is 0 Å². The third-order valence-corrected chi connectivity index (χ3v) is 3.40. The van der Waals surface area contributed by atoms with Gasteiger partial charge >= 0.3 is 0 Å². The molecule has 5 heteroatoms. The van der Waals surface area contributed by atoms with E-state index >= 15 is 0 Å². The molecule has 0 bridgehead atoms. The van der Waals surface area contributed by atoms with Gasteiger partial charge in [0.15, 0.2) is 5.96 Å². The topological polar surface area (TPSA) is 54.9 Å². The molecule has 0 fully saturated rings. The zero-order valence-electron chi connectivity index (χ0n) is 13.8. The summed E-state index contributed by atoms with van der Waals surface area (Å²) in [5.74, 6) is 1.54. The highest BCUT2D eigenvalue weighted by molar-refractivity contribution is 5.79.